The van der Waals surface area contributed by atoms with E-state index in [1.165, 1.54) is 18.4 Å². The van der Waals surface area contributed by atoms with Gasteiger partial charge < -0.3 is 10.1 Å². The lowest BCUT2D eigenvalue weighted by atomic mass is 10.1. The van der Waals surface area contributed by atoms with E-state index in [1.807, 2.05) is 20.9 Å². The Morgan fingerprint density at radius 3 is 2.67 bits per heavy atom. The molecule has 0 saturated heterocycles. The highest BCUT2D eigenvalue weighted by Crippen LogP contribution is 2.22. The molecular formula is C14H17N3O3S. The van der Waals surface area contributed by atoms with Crippen LogP contribution in [0.25, 0.3) is 0 Å². The third-order valence-electron chi connectivity index (χ3n) is 3.00. The minimum Gasteiger partial charge on any atom is -0.465 e. The number of carbonyl (C=O) groups is 2. The molecular weight excluding hydrogens is 290 g/mol. The summed E-state index contributed by atoms with van der Waals surface area (Å²) in [5.74, 6) is -0.431. The fraction of sp³-hybridized carbons (Fsp3) is 0.357. The second-order valence-electron chi connectivity index (χ2n) is 4.88. The number of nitrogens with zero attached hydrogens (tertiary/aromatic N) is 2. The van der Waals surface area contributed by atoms with Crippen LogP contribution in [0.15, 0.2) is 17.5 Å². The molecule has 0 aliphatic heterocycles. The molecule has 0 saturated carbocycles. The van der Waals surface area contributed by atoms with E-state index in [0.29, 0.717) is 16.3 Å². The lowest BCUT2D eigenvalue weighted by Gasteiger charge is -2.02. The minimum atomic E-state index is -0.424. The highest BCUT2D eigenvalue weighted by atomic mass is 32.1. The second-order valence-corrected chi connectivity index (χ2v) is 5.79. The number of hydrogen-bond acceptors (Lipinski definition) is 5. The van der Waals surface area contributed by atoms with Gasteiger partial charge in [0.1, 0.15) is 0 Å². The topological polar surface area (TPSA) is 73.2 Å². The van der Waals surface area contributed by atoms with Crippen molar-refractivity contribution in [3.05, 3.63) is 34.5 Å². The largest absolute Gasteiger partial charge is 0.465 e. The number of thiophene rings is 1. The van der Waals surface area contributed by atoms with Gasteiger partial charge in [-0.15, -0.1) is 11.3 Å². The first kappa shape index (κ1) is 15.2. The van der Waals surface area contributed by atoms with Gasteiger partial charge in [-0.25, -0.2) is 4.79 Å². The zero-order chi connectivity index (χ0) is 15.6. The Bertz CT molecular complexity index is 673. The Morgan fingerprint density at radius 1 is 1.38 bits per heavy atom. The number of aromatic nitrogens is 2. The van der Waals surface area contributed by atoms with Gasteiger partial charge in [0.2, 0.25) is 0 Å². The van der Waals surface area contributed by atoms with Crippen LogP contribution in [0, 0.1) is 0 Å². The van der Waals surface area contributed by atoms with E-state index >= 15 is 0 Å². The number of hydrogen-bond donors (Lipinski definition) is 1. The van der Waals surface area contributed by atoms with Crippen molar-refractivity contribution < 1.29 is 14.3 Å². The Kier molecular flexibility index (Phi) is 4.42. The predicted octanol–water partition coefficient (Wildman–Crippen LogP) is 2.64. The fourth-order valence-electron chi connectivity index (χ4n) is 1.94. The maximum atomic E-state index is 12.2. The van der Waals surface area contributed by atoms with Gasteiger partial charge in [0.15, 0.2) is 5.69 Å². The minimum absolute atomic E-state index is 0.289. The summed E-state index contributed by atoms with van der Waals surface area (Å²) in [6.07, 6.45) is 0. The van der Waals surface area contributed by atoms with Crippen LogP contribution >= 0.6 is 11.3 Å². The molecule has 2 rings (SSSR count). The average molecular weight is 307 g/mol. The second kappa shape index (κ2) is 6.09. The van der Waals surface area contributed by atoms with Gasteiger partial charge in [-0.2, -0.15) is 5.10 Å². The van der Waals surface area contributed by atoms with Crippen molar-refractivity contribution in [1.82, 2.24) is 9.78 Å². The summed E-state index contributed by atoms with van der Waals surface area (Å²) >= 11 is 1.27. The molecule has 1 amide bonds. The SMILES string of the molecule is COC(=O)c1csc(NC(=O)c2cc(C(C)C)n(C)n2)c1. The van der Waals surface area contributed by atoms with Gasteiger partial charge in [0, 0.05) is 18.1 Å². The molecule has 0 atom stereocenters. The molecule has 0 aliphatic rings. The van der Waals surface area contributed by atoms with Crippen molar-refractivity contribution >= 4 is 28.2 Å². The molecule has 7 heteroatoms. The molecule has 2 heterocycles. The van der Waals surface area contributed by atoms with Crippen LogP contribution in [-0.4, -0.2) is 28.8 Å². The third-order valence-corrected chi connectivity index (χ3v) is 3.84. The van der Waals surface area contributed by atoms with Gasteiger partial charge >= 0.3 is 5.97 Å². The number of aryl methyl sites for hydroxylation is 1. The number of ether oxygens (including phenoxy) is 1. The summed E-state index contributed by atoms with van der Waals surface area (Å²) in [6, 6.07) is 3.36. The van der Waals surface area contributed by atoms with Crippen molar-refractivity contribution in [2.24, 2.45) is 7.05 Å². The van der Waals surface area contributed by atoms with Crippen molar-refractivity contribution in [1.29, 1.82) is 0 Å². The molecule has 112 valence electrons. The lowest BCUT2D eigenvalue weighted by Crippen LogP contribution is -2.12. The molecule has 0 unspecified atom stereocenters. The fourth-order valence-corrected chi connectivity index (χ4v) is 2.70. The quantitative estimate of drug-likeness (QED) is 0.881. The normalized spacial score (nSPS) is 10.7. The first-order valence-electron chi connectivity index (χ1n) is 6.44. The predicted molar refractivity (Wildman–Crippen MR) is 80.9 cm³/mol. The van der Waals surface area contributed by atoms with E-state index in [0.717, 1.165) is 5.69 Å². The number of carbonyl (C=O) groups excluding carboxylic acids is 2. The first-order valence-corrected chi connectivity index (χ1v) is 7.32. The summed E-state index contributed by atoms with van der Waals surface area (Å²) < 4.78 is 6.33. The number of rotatable bonds is 4. The zero-order valence-electron chi connectivity index (χ0n) is 12.3. The molecule has 0 fully saturated rings. The van der Waals surface area contributed by atoms with Crippen molar-refractivity contribution in [3.63, 3.8) is 0 Å². The molecule has 0 bridgehead atoms. The maximum absolute atomic E-state index is 12.2. The number of anilines is 1. The smallest absolute Gasteiger partial charge is 0.338 e. The molecule has 2 aromatic rings. The average Bonchev–Trinajstić information content (AvgIpc) is 3.04. The number of amides is 1. The summed E-state index contributed by atoms with van der Waals surface area (Å²) in [5.41, 5.74) is 1.76. The van der Waals surface area contributed by atoms with E-state index in [-0.39, 0.29) is 11.8 Å². The molecule has 2 aromatic heterocycles. The standard InChI is InChI=1S/C14H17N3O3S/c1-8(2)11-6-10(16-17(11)3)13(18)15-12-5-9(7-21-12)14(19)20-4/h5-8H,1-4H3,(H,15,18). The lowest BCUT2D eigenvalue weighted by molar-refractivity contribution is 0.0601. The highest BCUT2D eigenvalue weighted by Gasteiger charge is 2.16. The molecule has 1 N–H and O–H groups in total. The van der Waals surface area contributed by atoms with Gasteiger partial charge in [-0.3, -0.25) is 9.48 Å². The highest BCUT2D eigenvalue weighted by molar-refractivity contribution is 7.14. The Hall–Kier alpha value is -2.15. The van der Waals surface area contributed by atoms with Crippen molar-refractivity contribution in [2.45, 2.75) is 19.8 Å². The third kappa shape index (κ3) is 3.30. The number of methoxy groups -OCH3 is 1. The summed E-state index contributed by atoms with van der Waals surface area (Å²) in [6.45, 7) is 4.08. The van der Waals surface area contributed by atoms with Gasteiger partial charge in [-0.05, 0) is 18.1 Å². The van der Waals surface area contributed by atoms with Crippen molar-refractivity contribution in [2.75, 3.05) is 12.4 Å². The zero-order valence-corrected chi connectivity index (χ0v) is 13.2. The van der Waals surface area contributed by atoms with E-state index in [1.54, 1.807) is 22.2 Å². The summed E-state index contributed by atoms with van der Waals surface area (Å²) in [5, 5.41) is 9.16. The van der Waals surface area contributed by atoms with Crippen LogP contribution in [0.4, 0.5) is 5.00 Å². The van der Waals surface area contributed by atoms with Crippen LogP contribution in [0.3, 0.4) is 0 Å². The van der Waals surface area contributed by atoms with Gasteiger partial charge in [0.05, 0.1) is 17.7 Å². The number of esters is 1. The Morgan fingerprint density at radius 2 is 2.10 bits per heavy atom. The van der Waals surface area contributed by atoms with E-state index in [4.69, 9.17) is 0 Å². The van der Waals surface area contributed by atoms with Crippen LogP contribution < -0.4 is 5.32 Å². The maximum Gasteiger partial charge on any atom is 0.338 e. The number of nitrogens with one attached hydrogen (secondary N) is 1. The monoisotopic (exact) mass is 307 g/mol. The van der Waals surface area contributed by atoms with Crippen molar-refractivity contribution in [3.8, 4) is 0 Å². The molecule has 21 heavy (non-hydrogen) atoms. The molecule has 0 aliphatic carbocycles. The first-order chi connectivity index (χ1) is 9.92. The van der Waals surface area contributed by atoms with Gasteiger partial charge in [0.25, 0.3) is 5.91 Å². The van der Waals surface area contributed by atoms with E-state index in [9.17, 15) is 9.59 Å². The van der Waals surface area contributed by atoms with Gasteiger partial charge in [-0.1, -0.05) is 13.8 Å². The molecule has 0 aromatic carbocycles. The van der Waals surface area contributed by atoms with Crippen LogP contribution in [0.2, 0.25) is 0 Å². The molecule has 6 nitrogen and oxygen atoms in total. The van der Waals surface area contributed by atoms with Crippen LogP contribution in [0.1, 0.15) is 46.3 Å². The molecule has 0 spiro atoms. The van der Waals surface area contributed by atoms with E-state index in [2.05, 4.69) is 15.2 Å². The van der Waals surface area contributed by atoms with E-state index < -0.39 is 5.97 Å². The Labute approximate surface area is 126 Å². The molecule has 0 radical (unpaired) electrons. The summed E-state index contributed by atoms with van der Waals surface area (Å²) in [4.78, 5) is 23.5. The van der Waals surface area contributed by atoms with Crippen LogP contribution in [-0.2, 0) is 11.8 Å². The Balaban J connectivity index is 2.13. The summed E-state index contributed by atoms with van der Waals surface area (Å²) in [7, 11) is 3.13. The van der Waals surface area contributed by atoms with Crippen LogP contribution in [0.5, 0.6) is 0 Å².